The van der Waals surface area contributed by atoms with Gasteiger partial charge < -0.3 is 10.1 Å². The molecule has 0 saturated carbocycles. The van der Waals surface area contributed by atoms with Gasteiger partial charge in [-0.1, -0.05) is 48.0 Å². The third-order valence-electron chi connectivity index (χ3n) is 5.40. The molecule has 2 N–H and O–H groups in total. The van der Waals surface area contributed by atoms with Crippen LogP contribution >= 0.6 is 11.6 Å². The van der Waals surface area contributed by atoms with Crippen molar-refractivity contribution in [3.63, 3.8) is 0 Å². The first kappa shape index (κ1) is 23.4. The zero-order valence-electron chi connectivity index (χ0n) is 17.8. The van der Waals surface area contributed by atoms with Gasteiger partial charge in [-0.05, 0) is 48.7 Å². The van der Waals surface area contributed by atoms with Crippen molar-refractivity contribution < 1.29 is 17.9 Å². The number of pyridine rings is 1. The maximum absolute atomic E-state index is 13.1. The largest absolute Gasteiger partial charge is 0.377 e. The minimum atomic E-state index is -3.92. The number of benzene rings is 2. The summed E-state index contributed by atoms with van der Waals surface area (Å²) in [7, 11) is -3.92. The fourth-order valence-corrected chi connectivity index (χ4v) is 5.26. The highest BCUT2D eigenvalue weighted by atomic mass is 35.5. The van der Waals surface area contributed by atoms with E-state index in [2.05, 4.69) is 15.0 Å². The van der Waals surface area contributed by atoms with Gasteiger partial charge >= 0.3 is 0 Å². The number of amides is 1. The van der Waals surface area contributed by atoms with E-state index in [1.54, 1.807) is 12.3 Å². The first-order valence-corrected chi connectivity index (χ1v) is 12.5. The Bertz CT molecular complexity index is 1160. The summed E-state index contributed by atoms with van der Waals surface area (Å²) in [6.45, 7) is 0.784. The number of hydrogen-bond donors (Lipinski definition) is 2. The first-order valence-electron chi connectivity index (χ1n) is 10.6. The van der Waals surface area contributed by atoms with Crippen LogP contribution in [0, 0.1) is 0 Å². The van der Waals surface area contributed by atoms with E-state index in [9.17, 15) is 13.2 Å². The number of ether oxygens (including phenoxy) is 1. The molecule has 1 aromatic heterocycles. The highest BCUT2D eigenvalue weighted by Crippen LogP contribution is 2.25. The van der Waals surface area contributed by atoms with Crippen molar-refractivity contribution in [3.8, 4) is 0 Å². The zero-order chi connectivity index (χ0) is 23.3. The van der Waals surface area contributed by atoms with E-state index in [0.717, 1.165) is 18.4 Å². The second-order valence-electron chi connectivity index (χ2n) is 7.70. The van der Waals surface area contributed by atoms with Gasteiger partial charge in [0.15, 0.2) is 0 Å². The molecule has 0 spiro atoms. The predicted molar refractivity (Wildman–Crippen MR) is 126 cm³/mol. The molecule has 1 saturated heterocycles. The topological polar surface area (TPSA) is 97.4 Å². The lowest BCUT2D eigenvalue weighted by molar-refractivity contribution is 0.0942. The van der Waals surface area contributed by atoms with Crippen LogP contribution in [0.1, 0.15) is 40.5 Å². The molecule has 33 heavy (non-hydrogen) atoms. The molecule has 4 rings (SSSR count). The number of nitrogens with zero attached hydrogens (tertiary/aromatic N) is 1. The van der Waals surface area contributed by atoms with Crippen LogP contribution in [0.2, 0.25) is 5.02 Å². The van der Waals surface area contributed by atoms with Gasteiger partial charge in [-0.25, -0.2) is 13.1 Å². The molecule has 0 bridgehead atoms. The van der Waals surface area contributed by atoms with Gasteiger partial charge in [0, 0.05) is 24.9 Å². The first-order chi connectivity index (χ1) is 15.9. The monoisotopic (exact) mass is 485 g/mol. The molecule has 2 atom stereocenters. The van der Waals surface area contributed by atoms with Crippen LogP contribution in [-0.2, 0) is 14.8 Å². The van der Waals surface area contributed by atoms with Gasteiger partial charge in [0.05, 0.1) is 22.9 Å². The average Bonchev–Trinajstić information content (AvgIpc) is 3.36. The number of halogens is 1. The van der Waals surface area contributed by atoms with E-state index < -0.39 is 22.0 Å². The number of nitrogens with one attached hydrogen (secondary N) is 2. The van der Waals surface area contributed by atoms with Gasteiger partial charge in [0.1, 0.15) is 4.90 Å². The Morgan fingerprint density at radius 1 is 1.12 bits per heavy atom. The second kappa shape index (κ2) is 10.4. The summed E-state index contributed by atoms with van der Waals surface area (Å²) in [5, 5.41) is 3.00. The Morgan fingerprint density at radius 3 is 2.61 bits per heavy atom. The van der Waals surface area contributed by atoms with Crippen molar-refractivity contribution in [1.82, 2.24) is 15.0 Å². The van der Waals surface area contributed by atoms with Crippen molar-refractivity contribution in [3.05, 3.63) is 94.8 Å². The van der Waals surface area contributed by atoms with Gasteiger partial charge in [-0.15, -0.1) is 0 Å². The minimum absolute atomic E-state index is 0.0377. The van der Waals surface area contributed by atoms with Gasteiger partial charge in [-0.3, -0.25) is 9.78 Å². The molecule has 1 aliphatic heterocycles. The quantitative estimate of drug-likeness (QED) is 0.507. The number of aromatic nitrogens is 1. The van der Waals surface area contributed by atoms with Gasteiger partial charge in [0.2, 0.25) is 10.0 Å². The normalized spacial score (nSPS) is 16.9. The molecular weight excluding hydrogens is 462 g/mol. The zero-order valence-corrected chi connectivity index (χ0v) is 19.4. The summed E-state index contributed by atoms with van der Waals surface area (Å²) in [6, 6.07) is 18.6. The van der Waals surface area contributed by atoms with Crippen LogP contribution in [-0.4, -0.2) is 38.6 Å². The summed E-state index contributed by atoms with van der Waals surface area (Å²) in [4.78, 5) is 17.4. The van der Waals surface area contributed by atoms with E-state index in [4.69, 9.17) is 16.3 Å². The van der Waals surface area contributed by atoms with E-state index in [0.29, 0.717) is 12.3 Å². The van der Waals surface area contributed by atoms with Crippen LogP contribution < -0.4 is 10.0 Å². The summed E-state index contributed by atoms with van der Waals surface area (Å²) in [6.07, 6.45) is 3.20. The molecule has 2 aromatic carbocycles. The lowest BCUT2D eigenvalue weighted by Gasteiger charge is -2.19. The van der Waals surface area contributed by atoms with Crippen molar-refractivity contribution in [1.29, 1.82) is 0 Å². The highest BCUT2D eigenvalue weighted by Gasteiger charge is 2.25. The van der Waals surface area contributed by atoms with Crippen LogP contribution in [0.5, 0.6) is 0 Å². The molecule has 1 aliphatic rings. The average molecular weight is 486 g/mol. The highest BCUT2D eigenvalue weighted by molar-refractivity contribution is 7.89. The number of rotatable bonds is 8. The maximum atomic E-state index is 13.1. The lowest BCUT2D eigenvalue weighted by atomic mass is 10.0. The van der Waals surface area contributed by atoms with Gasteiger partial charge in [0.25, 0.3) is 5.91 Å². The lowest BCUT2D eigenvalue weighted by Crippen LogP contribution is -2.32. The second-order valence-corrected chi connectivity index (χ2v) is 9.85. The van der Waals surface area contributed by atoms with Crippen LogP contribution in [0.4, 0.5) is 0 Å². The Labute approximate surface area is 198 Å². The van der Waals surface area contributed by atoms with E-state index in [1.165, 1.54) is 18.2 Å². The SMILES string of the molecule is O=C(NC(c1ccccc1)c1ccccn1)c1ccc(Cl)c(S(=O)(=O)NCC2CCCO2)c1. The summed E-state index contributed by atoms with van der Waals surface area (Å²) < 4.78 is 33.7. The van der Waals surface area contributed by atoms with Crippen LogP contribution in [0.25, 0.3) is 0 Å². The summed E-state index contributed by atoms with van der Waals surface area (Å²) in [5.74, 6) is -0.443. The minimum Gasteiger partial charge on any atom is -0.377 e. The molecule has 172 valence electrons. The van der Waals surface area contributed by atoms with Crippen molar-refractivity contribution in [2.45, 2.75) is 29.9 Å². The van der Waals surface area contributed by atoms with Gasteiger partial charge in [-0.2, -0.15) is 0 Å². The molecule has 0 aliphatic carbocycles. The molecule has 0 radical (unpaired) electrons. The summed E-state index contributed by atoms with van der Waals surface area (Å²) in [5.41, 5.74) is 1.69. The molecule has 3 aromatic rings. The maximum Gasteiger partial charge on any atom is 0.252 e. The standard InChI is InChI=1S/C24H24ClN3O4S/c25-20-12-11-18(15-22(20)33(30,31)27-16-19-9-6-14-32-19)24(29)28-23(17-7-2-1-3-8-17)21-10-4-5-13-26-21/h1-5,7-8,10-13,15,19,23,27H,6,9,14,16H2,(H,28,29). The smallest absolute Gasteiger partial charge is 0.252 e. The molecule has 2 heterocycles. The molecule has 2 unspecified atom stereocenters. The third kappa shape index (κ3) is 5.78. The molecule has 7 nitrogen and oxygen atoms in total. The Kier molecular flexibility index (Phi) is 7.39. The van der Waals surface area contributed by atoms with E-state index in [-0.39, 0.29) is 28.1 Å². The number of carbonyl (C=O) groups is 1. The molecular formula is C24H24ClN3O4S. The van der Waals surface area contributed by atoms with Crippen LogP contribution in [0.15, 0.2) is 77.8 Å². The third-order valence-corrected chi connectivity index (χ3v) is 7.30. The van der Waals surface area contributed by atoms with Crippen molar-refractivity contribution in [2.24, 2.45) is 0 Å². The fourth-order valence-electron chi connectivity index (χ4n) is 3.67. The van der Waals surface area contributed by atoms with E-state index >= 15 is 0 Å². The molecule has 1 fully saturated rings. The van der Waals surface area contributed by atoms with Crippen molar-refractivity contribution in [2.75, 3.05) is 13.2 Å². The predicted octanol–water partition coefficient (Wildman–Crippen LogP) is 3.71. The number of carbonyl (C=O) groups excluding carboxylic acids is 1. The fraction of sp³-hybridized carbons (Fsp3) is 0.250. The Balaban J connectivity index is 1.57. The number of sulfonamides is 1. The Morgan fingerprint density at radius 2 is 1.91 bits per heavy atom. The van der Waals surface area contributed by atoms with Crippen LogP contribution in [0.3, 0.4) is 0 Å². The Hall–Kier alpha value is -2.78. The summed E-state index contributed by atoms with van der Waals surface area (Å²) >= 11 is 6.19. The van der Waals surface area contributed by atoms with Crippen molar-refractivity contribution >= 4 is 27.5 Å². The molecule has 9 heteroatoms. The van der Waals surface area contributed by atoms with E-state index in [1.807, 2.05) is 42.5 Å². The number of hydrogen-bond acceptors (Lipinski definition) is 5. The molecule has 1 amide bonds.